The quantitative estimate of drug-likeness (QED) is 0.929. The van der Waals surface area contributed by atoms with Crippen molar-refractivity contribution >= 4 is 12.4 Å². The molecule has 1 unspecified atom stereocenters. The molecule has 8 heteroatoms. The summed E-state index contributed by atoms with van der Waals surface area (Å²) in [5, 5.41) is 3.67. The Bertz CT molecular complexity index is 453. The largest absolute Gasteiger partial charge is 0.435 e. The molecule has 0 bridgehead atoms. The first-order valence-electron chi connectivity index (χ1n) is 6.79. The van der Waals surface area contributed by atoms with Gasteiger partial charge in [-0.2, -0.15) is 18.3 Å². The maximum Gasteiger partial charge on any atom is 0.435 e. The summed E-state index contributed by atoms with van der Waals surface area (Å²) in [5.41, 5.74) is 4.87. The van der Waals surface area contributed by atoms with E-state index in [1.54, 1.807) is 0 Å². The van der Waals surface area contributed by atoms with E-state index >= 15 is 0 Å². The van der Waals surface area contributed by atoms with E-state index in [1.165, 1.54) is 10.9 Å². The van der Waals surface area contributed by atoms with Gasteiger partial charge in [0.15, 0.2) is 5.69 Å². The average Bonchev–Trinajstić information content (AvgIpc) is 2.75. The number of piperidine rings is 1. The molecule has 1 atom stereocenters. The van der Waals surface area contributed by atoms with Gasteiger partial charge in [0.1, 0.15) is 0 Å². The zero-order valence-corrected chi connectivity index (χ0v) is 13.0. The van der Waals surface area contributed by atoms with Crippen molar-refractivity contribution in [1.82, 2.24) is 14.7 Å². The Hall–Kier alpha value is -0.790. The zero-order valence-electron chi connectivity index (χ0n) is 12.2. The number of alkyl halides is 3. The number of hydrogen-bond donors (Lipinski definition) is 1. The van der Waals surface area contributed by atoms with Crippen LogP contribution in [0.15, 0.2) is 12.3 Å². The van der Waals surface area contributed by atoms with Crippen LogP contribution in [0.1, 0.15) is 38.4 Å². The van der Waals surface area contributed by atoms with E-state index in [-0.39, 0.29) is 24.0 Å². The lowest BCUT2D eigenvalue weighted by molar-refractivity contribution is -0.141. The van der Waals surface area contributed by atoms with Gasteiger partial charge in [-0.25, -0.2) is 0 Å². The second kappa shape index (κ2) is 6.54. The van der Waals surface area contributed by atoms with Crippen molar-refractivity contribution in [2.24, 2.45) is 5.73 Å². The van der Waals surface area contributed by atoms with Crippen LogP contribution in [0.25, 0.3) is 0 Å². The Morgan fingerprint density at radius 3 is 2.57 bits per heavy atom. The van der Waals surface area contributed by atoms with E-state index < -0.39 is 11.9 Å². The third-order valence-corrected chi connectivity index (χ3v) is 3.38. The summed E-state index contributed by atoms with van der Waals surface area (Å²) in [6.45, 7) is 6.26. The van der Waals surface area contributed by atoms with Gasteiger partial charge in [-0.3, -0.25) is 9.58 Å². The fraction of sp³-hybridized carbons (Fsp3) is 0.769. The predicted octanol–water partition coefficient (Wildman–Crippen LogP) is 2.70. The monoisotopic (exact) mass is 326 g/mol. The smallest absolute Gasteiger partial charge is 0.324 e. The molecule has 1 aromatic rings. The molecule has 0 spiro atoms. The molecule has 1 fully saturated rings. The highest BCUT2D eigenvalue weighted by Gasteiger charge is 2.34. The van der Waals surface area contributed by atoms with E-state index in [1.807, 2.05) is 13.8 Å². The van der Waals surface area contributed by atoms with Gasteiger partial charge in [0.05, 0.1) is 6.04 Å². The molecule has 0 aromatic carbocycles. The zero-order chi connectivity index (χ0) is 15.0. The summed E-state index contributed by atoms with van der Waals surface area (Å²) >= 11 is 0. The van der Waals surface area contributed by atoms with Gasteiger partial charge in [-0.15, -0.1) is 12.4 Å². The van der Waals surface area contributed by atoms with Gasteiger partial charge in [-0.05, 0) is 39.3 Å². The molecular weight excluding hydrogens is 305 g/mol. The van der Waals surface area contributed by atoms with Gasteiger partial charge in [0.25, 0.3) is 0 Å². The van der Waals surface area contributed by atoms with Crippen LogP contribution in [-0.2, 0) is 6.18 Å². The number of aromatic nitrogens is 2. The normalized spacial score (nSPS) is 21.1. The van der Waals surface area contributed by atoms with Gasteiger partial charge in [0, 0.05) is 24.8 Å². The van der Waals surface area contributed by atoms with Crippen LogP contribution >= 0.6 is 12.4 Å². The van der Waals surface area contributed by atoms with Gasteiger partial charge >= 0.3 is 6.18 Å². The molecule has 2 heterocycles. The Balaban J connectivity index is 0.00000220. The van der Waals surface area contributed by atoms with E-state index in [2.05, 4.69) is 10.00 Å². The molecular formula is C13H22ClF3N4. The van der Waals surface area contributed by atoms with Crippen molar-refractivity contribution < 1.29 is 13.2 Å². The Labute approximate surface area is 128 Å². The SMILES string of the molecule is CC(C)(N)CN1CCCC(n2ccc(C(F)(F)F)n2)C1.Cl. The summed E-state index contributed by atoms with van der Waals surface area (Å²) in [4.78, 5) is 2.20. The molecule has 1 aliphatic rings. The highest BCUT2D eigenvalue weighted by molar-refractivity contribution is 5.85. The minimum Gasteiger partial charge on any atom is -0.324 e. The minimum absolute atomic E-state index is 0. The molecule has 2 N–H and O–H groups in total. The number of rotatable bonds is 3. The Morgan fingerprint density at radius 1 is 1.38 bits per heavy atom. The second-order valence-electron chi connectivity index (χ2n) is 6.20. The molecule has 1 aromatic heterocycles. The van der Waals surface area contributed by atoms with Crippen LogP contribution < -0.4 is 5.73 Å². The van der Waals surface area contributed by atoms with Crippen LogP contribution in [0.4, 0.5) is 13.2 Å². The summed E-state index contributed by atoms with van der Waals surface area (Å²) in [6.07, 6.45) is -1.16. The maximum absolute atomic E-state index is 12.6. The number of likely N-dealkylation sites (tertiary alicyclic amines) is 1. The number of nitrogens with zero attached hydrogens (tertiary/aromatic N) is 3. The topological polar surface area (TPSA) is 47.1 Å². The molecule has 0 aliphatic carbocycles. The van der Waals surface area contributed by atoms with Crippen molar-refractivity contribution in [3.8, 4) is 0 Å². The summed E-state index contributed by atoms with van der Waals surface area (Å²) in [6, 6.07) is 1.02. The highest BCUT2D eigenvalue weighted by atomic mass is 35.5. The lowest BCUT2D eigenvalue weighted by atomic mass is 10.0. The first-order chi connectivity index (χ1) is 9.15. The minimum atomic E-state index is -4.38. The molecule has 4 nitrogen and oxygen atoms in total. The average molecular weight is 327 g/mol. The van der Waals surface area contributed by atoms with Gasteiger partial charge in [-0.1, -0.05) is 0 Å². The number of nitrogens with two attached hydrogens (primary N) is 1. The van der Waals surface area contributed by atoms with Crippen LogP contribution in [0.5, 0.6) is 0 Å². The lowest BCUT2D eigenvalue weighted by Gasteiger charge is -2.36. The van der Waals surface area contributed by atoms with E-state index in [0.717, 1.165) is 32.0 Å². The van der Waals surface area contributed by atoms with Gasteiger partial charge < -0.3 is 5.73 Å². The first kappa shape index (κ1) is 18.3. The van der Waals surface area contributed by atoms with Crippen molar-refractivity contribution in [3.05, 3.63) is 18.0 Å². The van der Waals surface area contributed by atoms with Gasteiger partial charge in [0.2, 0.25) is 0 Å². The molecule has 1 saturated heterocycles. The van der Waals surface area contributed by atoms with E-state index in [4.69, 9.17) is 5.73 Å². The van der Waals surface area contributed by atoms with Crippen molar-refractivity contribution in [2.75, 3.05) is 19.6 Å². The van der Waals surface area contributed by atoms with Crippen LogP contribution in [-0.4, -0.2) is 39.9 Å². The van der Waals surface area contributed by atoms with Crippen LogP contribution in [0.3, 0.4) is 0 Å². The maximum atomic E-state index is 12.6. The molecule has 1 aliphatic heterocycles. The molecule has 122 valence electrons. The Kier molecular flexibility index (Phi) is 5.69. The van der Waals surface area contributed by atoms with Crippen LogP contribution in [0.2, 0.25) is 0 Å². The molecule has 21 heavy (non-hydrogen) atoms. The molecule has 0 radical (unpaired) electrons. The third-order valence-electron chi connectivity index (χ3n) is 3.38. The standard InChI is InChI=1S/C13H21F3N4.ClH/c1-12(2,17)9-19-6-3-4-10(8-19)20-7-5-11(18-20)13(14,15)16;/h5,7,10H,3-4,6,8-9,17H2,1-2H3;1H. The van der Waals surface area contributed by atoms with E-state index in [9.17, 15) is 13.2 Å². The fourth-order valence-corrected chi connectivity index (χ4v) is 2.66. The second-order valence-corrected chi connectivity index (χ2v) is 6.20. The lowest BCUT2D eigenvalue weighted by Crippen LogP contribution is -2.48. The predicted molar refractivity (Wildman–Crippen MR) is 77.5 cm³/mol. The number of hydrogen-bond acceptors (Lipinski definition) is 3. The summed E-state index contributed by atoms with van der Waals surface area (Å²) in [7, 11) is 0. The number of halogens is 4. The summed E-state index contributed by atoms with van der Waals surface area (Å²) < 4.78 is 39.1. The third kappa shape index (κ3) is 5.16. The molecule has 0 amide bonds. The van der Waals surface area contributed by atoms with E-state index in [0.29, 0.717) is 6.54 Å². The van der Waals surface area contributed by atoms with Crippen LogP contribution in [0, 0.1) is 0 Å². The van der Waals surface area contributed by atoms with Crippen molar-refractivity contribution in [3.63, 3.8) is 0 Å². The Morgan fingerprint density at radius 2 is 2.05 bits per heavy atom. The molecule has 2 rings (SSSR count). The summed E-state index contributed by atoms with van der Waals surface area (Å²) in [5.74, 6) is 0. The molecule has 0 saturated carbocycles. The van der Waals surface area contributed by atoms with Crippen molar-refractivity contribution in [2.45, 2.75) is 44.4 Å². The van der Waals surface area contributed by atoms with Crippen molar-refractivity contribution in [1.29, 1.82) is 0 Å². The first-order valence-corrected chi connectivity index (χ1v) is 6.79. The highest BCUT2D eigenvalue weighted by Crippen LogP contribution is 2.29. The fourth-order valence-electron chi connectivity index (χ4n) is 2.66.